The van der Waals surface area contributed by atoms with E-state index in [0.29, 0.717) is 163 Å². The highest BCUT2D eigenvalue weighted by molar-refractivity contribution is 5.99. The van der Waals surface area contributed by atoms with Crippen LogP contribution in [0.15, 0.2) is 207 Å². The highest BCUT2D eigenvalue weighted by atomic mass is 19.4. The highest BCUT2D eigenvalue weighted by Crippen LogP contribution is 2.55. The Morgan fingerprint density at radius 2 is 0.925 bits per heavy atom. The van der Waals surface area contributed by atoms with Gasteiger partial charge in [-0.05, 0) is 127 Å². The lowest BCUT2D eigenvalue weighted by atomic mass is 9.81. The standard InChI is InChI=1S/C28H33N3O6.C26H28N2O5.C25H27N3O3.C23H19F4N3O3.H2/c1-33-15-14-31-26-21-6-4-5-7-23(21)37-28(22(26)19-29-31)10-12-30(13-11-28)27(32)20-8-9-24(25(18-20)35-3)36-17-16-34-2;1-31-23-18-19(9-10-22(23)32-17-5-16-29)25(30)27-14-11-26(12-15-27)24-8-4-13-28(24)20-6-2-3-7-21(20)33-26;1-16(2)17-8-6-9-19(23(17)29)24(30)28-13-11-25(12-14-28)20-15-26-27(3)22(20)18-7-4-5-10-21(18)31-25;1-29-20-15-7-6-14(24)12-19(15)32-22(17(20)13-28-29)8-10-30(11-9-22)21(31)16-4-2-3-5-18(16)33-23(25,26)27;/h4-9,18-19H,10-17H2,1-3H3;2-4,6-10,13,18,29H,5,11-12,14-17H2,1H3;4-10,15-16,29H,11-14H2,1-3H3;2-7,12-13H,8-11H2,1H3;1H. The van der Waals surface area contributed by atoms with E-state index in [1.807, 2.05) is 124 Å². The first-order valence-electron chi connectivity index (χ1n) is 45.0. The van der Waals surface area contributed by atoms with E-state index in [9.17, 15) is 41.8 Å². The van der Waals surface area contributed by atoms with E-state index in [1.54, 1.807) is 94.9 Å². The fraction of sp³-hybridized carbons (Fsp3) is 0.363. The summed E-state index contributed by atoms with van der Waals surface area (Å²) in [5.41, 5.74) is 10.9. The number of carbonyl (C=O) groups excluding carboxylic acids is 4. The number of alkyl halides is 3. The Balaban J connectivity index is 0.000000131. The van der Waals surface area contributed by atoms with Gasteiger partial charge >= 0.3 is 6.36 Å². The Hall–Kier alpha value is -13.9. The molecule has 20 rings (SSSR count). The summed E-state index contributed by atoms with van der Waals surface area (Å²) in [6.45, 7) is 10.5. The molecule has 28 nitrogen and oxygen atoms in total. The summed E-state index contributed by atoms with van der Waals surface area (Å²) in [4.78, 5) is 60.0. The molecule has 4 saturated heterocycles. The second-order valence-corrected chi connectivity index (χ2v) is 34.5. The quantitative estimate of drug-likeness (QED) is 0.0562. The molecule has 4 spiro atoms. The Morgan fingerprint density at radius 1 is 0.463 bits per heavy atom. The van der Waals surface area contributed by atoms with Crippen molar-refractivity contribution in [3.8, 4) is 97.0 Å². The molecule has 32 heteroatoms. The van der Waals surface area contributed by atoms with Crippen LogP contribution >= 0.6 is 0 Å². The fourth-order valence-corrected chi connectivity index (χ4v) is 19.4. The fourth-order valence-electron chi connectivity index (χ4n) is 19.4. The molecule has 0 aliphatic carbocycles. The summed E-state index contributed by atoms with van der Waals surface area (Å²) in [7, 11) is 10.2. The number of likely N-dealkylation sites (tertiary alicyclic amines) is 4. The molecule has 12 aromatic rings. The van der Waals surface area contributed by atoms with Gasteiger partial charge < -0.3 is 86.5 Å². The number of phenols is 1. The smallest absolute Gasteiger partial charge is 0.507 e. The van der Waals surface area contributed by atoms with E-state index in [-0.39, 0.29) is 56.1 Å². The number of hydrogen-bond donors (Lipinski definition) is 2. The monoisotopic (exact) mass is 1840 g/mol. The zero-order valence-corrected chi connectivity index (χ0v) is 75.9. The van der Waals surface area contributed by atoms with Crippen molar-refractivity contribution in [3.63, 3.8) is 0 Å². The van der Waals surface area contributed by atoms with Crippen molar-refractivity contribution in [1.82, 2.24) is 53.5 Å². The molecule has 8 aliphatic rings. The van der Waals surface area contributed by atoms with Crippen molar-refractivity contribution in [2.75, 3.05) is 114 Å². The summed E-state index contributed by atoms with van der Waals surface area (Å²) in [6, 6.07) is 54.0. The number of carbonyl (C=O) groups is 4. The maximum absolute atomic E-state index is 13.9. The van der Waals surface area contributed by atoms with Gasteiger partial charge in [-0.15, -0.1) is 13.2 Å². The van der Waals surface area contributed by atoms with Crippen LogP contribution in [0.3, 0.4) is 0 Å². The van der Waals surface area contributed by atoms with E-state index in [1.165, 1.54) is 35.2 Å². The Bertz CT molecular complexity index is 6300. The Kier molecular flexibility index (Phi) is 26.6. The molecular formula is C102H109F4N11O17. The van der Waals surface area contributed by atoms with E-state index in [0.717, 1.165) is 104 Å². The number of aliphatic hydroxyl groups excluding tert-OH is 1. The number of piperidine rings is 4. The number of amides is 4. The number of aryl methyl sites for hydroxylation is 2. The maximum Gasteiger partial charge on any atom is 0.573 e. The third-order valence-corrected chi connectivity index (χ3v) is 26.4. The maximum atomic E-state index is 13.9. The van der Waals surface area contributed by atoms with E-state index in [2.05, 4.69) is 61.1 Å². The number of fused-ring (bicyclic) bond motifs is 16. The normalized spacial score (nSPS) is 16.2. The van der Waals surface area contributed by atoms with Gasteiger partial charge in [0.25, 0.3) is 23.6 Å². The van der Waals surface area contributed by atoms with Gasteiger partial charge in [0.05, 0.1) is 98.8 Å². The van der Waals surface area contributed by atoms with Gasteiger partial charge in [0, 0.05) is 203 Å². The van der Waals surface area contributed by atoms with Crippen LogP contribution in [0.5, 0.6) is 57.5 Å². The van der Waals surface area contributed by atoms with Crippen molar-refractivity contribution >= 4 is 23.6 Å². The van der Waals surface area contributed by atoms with Crippen LogP contribution in [0.2, 0.25) is 0 Å². The number of hydrogen-bond acceptors (Lipinski definition) is 20. The number of phenolic OH excluding ortho intramolecular Hbond substituents is 1. The first kappa shape index (κ1) is 92.0. The van der Waals surface area contributed by atoms with Crippen LogP contribution in [-0.4, -0.2) is 208 Å². The van der Waals surface area contributed by atoms with Crippen molar-refractivity contribution < 1.29 is 100 Å². The van der Waals surface area contributed by atoms with Crippen LogP contribution in [-0.2, 0) is 52.5 Å². The lowest BCUT2D eigenvalue weighted by molar-refractivity contribution is -0.274. The largest absolute Gasteiger partial charge is 0.573 e. The highest BCUT2D eigenvalue weighted by Gasteiger charge is 2.51. The van der Waals surface area contributed by atoms with Gasteiger partial charge in [-0.2, -0.15) is 15.3 Å². The number of aromatic nitrogens is 7. The lowest BCUT2D eigenvalue weighted by Gasteiger charge is -2.45. The molecule has 4 aromatic heterocycles. The number of rotatable bonds is 19. The second-order valence-electron chi connectivity index (χ2n) is 34.5. The third kappa shape index (κ3) is 18.1. The minimum atomic E-state index is -4.91. The Labute approximate surface area is 774 Å². The van der Waals surface area contributed by atoms with Crippen molar-refractivity contribution in [2.24, 2.45) is 14.1 Å². The van der Waals surface area contributed by atoms with E-state index < -0.39 is 46.2 Å². The molecule has 8 aromatic carbocycles. The first-order chi connectivity index (χ1) is 64.8. The predicted octanol–water partition coefficient (Wildman–Crippen LogP) is 16.9. The summed E-state index contributed by atoms with van der Waals surface area (Å²) in [6.07, 6.45) is 8.12. The molecule has 0 bridgehead atoms. The Morgan fingerprint density at radius 3 is 1.47 bits per heavy atom. The molecule has 8 aliphatic heterocycles. The van der Waals surface area contributed by atoms with Crippen LogP contribution in [0.25, 0.3) is 39.5 Å². The van der Waals surface area contributed by atoms with E-state index in [4.69, 9.17) is 52.5 Å². The molecule has 2 N–H and O–H groups in total. The number of nitrogens with zero attached hydrogens (tertiary/aromatic N) is 11. The number of aliphatic hydroxyl groups is 1. The van der Waals surface area contributed by atoms with Gasteiger partial charge in [-0.1, -0.05) is 74.5 Å². The topological polar surface area (TPSA) is 282 Å². The van der Waals surface area contributed by atoms with E-state index >= 15 is 0 Å². The minimum absolute atomic E-state index is 0. The molecule has 0 saturated carbocycles. The number of methoxy groups -OCH3 is 4. The van der Waals surface area contributed by atoms with Crippen molar-refractivity contribution in [3.05, 3.63) is 263 Å². The van der Waals surface area contributed by atoms with Gasteiger partial charge in [0.15, 0.2) is 28.6 Å². The average molecular weight is 1840 g/mol. The molecule has 0 radical (unpaired) electrons. The van der Waals surface area contributed by atoms with Crippen LogP contribution in [0, 0.1) is 5.82 Å². The summed E-state index contributed by atoms with van der Waals surface area (Å²) in [5, 5.41) is 33.2. The predicted molar refractivity (Wildman–Crippen MR) is 490 cm³/mol. The molecule has 134 heavy (non-hydrogen) atoms. The molecule has 0 atom stereocenters. The molecular weight excluding hydrogens is 1730 g/mol. The van der Waals surface area contributed by atoms with Crippen LogP contribution in [0.4, 0.5) is 17.6 Å². The molecule has 702 valence electrons. The van der Waals surface area contributed by atoms with Crippen LogP contribution < -0.4 is 42.6 Å². The molecule has 4 amide bonds. The summed E-state index contributed by atoms with van der Waals surface area (Å²) >= 11 is 0. The zero-order valence-electron chi connectivity index (χ0n) is 75.9. The van der Waals surface area contributed by atoms with Gasteiger partial charge in [-0.3, -0.25) is 33.2 Å². The van der Waals surface area contributed by atoms with Gasteiger partial charge in [0.1, 0.15) is 63.7 Å². The number of benzene rings is 8. The average Bonchev–Trinajstić information content (AvgIpc) is 1.69. The second kappa shape index (κ2) is 38.8. The zero-order chi connectivity index (χ0) is 93.8. The molecule has 4 fully saturated rings. The van der Waals surface area contributed by atoms with Crippen molar-refractivity contribution in [2.45, 2.75) is 113 Å². The van der Waals surface area contributed by atoms with Gasteiger partial charge in [-0.25, -0.2) is 4.39 Å². The third-order valence-electron chi connectivity index (χ3n) is 26.4. The lowest BCUT2D eigenvalue weighted by Crippen LogP contribution is -2.50. The summed E-state index contributed by atoms with van der Waals surface area (Å²) < 4.78 is 123. The number of para-hydroxylation sites is 6. The molecule has 12 heterocycles. The SMILES string of the molecule is CC(C)c1cccc(C(=O)N2CCC3(CC2)Oc2ccccc2-c2c3cnn2C)c1O.COCCOc1ccc(C(=O)N2CCC3(CC2)Oc2ccccc2-c2c3cnn2CCOC)cc1OC.COc1cc(C(=O)N2CCC3(CC2)Oc2ccccc2-n2cccc23)ccc1OCCCO.Cn1ncc2c1-c1ccc(F)cc1OC21CCN(C(=O)c2ccccc2OC(F)(F)F)CC1.[HH]. The number of halogens is 4. The first-order valence-corrected chi connectivity index (χ1v) is 45.0. The van der Waals surface area contributed by atoms with Crippen LogP contribution in [0.1, 0.15) is 148 Å². The van der Waals surface area contributed by atoms with Gasteiger partial charge in [0.2, 0.25) is 0 Å². The number of aromatic hydroxyl groups is 1. The summed E-state index contributed by atoms with van der Waals surface area (Å²) in [5.74, 6) is 3.70. The minimum Gasteiger partial charge on any atom is -0.507 e. The number of ether oxygens (including phenoxy) is 11. The molecule has 0 unspecified atom stereocenters. The van der Waals surface area contributed by atoms with Crippen molar-refractivity contribution in [1.29, 1.82) is 0 Å².